The number of rotatable bonds is 7. The molecule has 7 nitrogen and oxygen atoms in total. The van der Waals surface area contributed by atoms with Gasteiger partial charge in [0.15, 0.2) is 0 Å². The second-order valence-electron chi connectivity index (χ2n) is 8.69. The average Bonchev–Trinajstić information content (AvgIpc) is 3.21. The summed E-state index contributed by atoms with van der Waals surface area (Å²) in [4.78, 5) is 26.0. The maximum atomic E-state index is 13.0. The lowest BCUT2D eigenvalue weighted by atomic mass is 9.96. The van der Waals surface area contributed by atoms with Gasteiger partial charge in [-0.2, -0.15) is 5.26 Å². The molecule has 1 aromatic heterocycles. The molecule has 0 radical (unpaired) electrons. The molecule has 2 amide bonds. The quantitative estimate of drug-likeness (QED) is 0.393. The molecule has 0 atom stereocenters. The number of benzene rings is 2. The molecule has 0 spiro atoms. The number of carbonyl (C=O) groups excluding carboxylic acids is 2. The minimum Gasteiger partial charge on any atom is -0.492 e. The number of likely N-dealkylation sites (tertiary alicyclic amines) is 1. The van der Waals surface area contributed by atoms with Gasteiger partial charge in [-0.05, 0) is 55.7 Å². The number of aromatic nitrogens is 1. The normalized spacial score (nSPS) is 14.7. The summed E-state index contributed by atoms with van der Waals surface area (Å²) >= 11 is 6.09. The minimum atomic E-state index is -0.337. The average molecular weight is 491 g/mol. The number of hydrogen-bond donors (Lipinski definition) is 1. The number of aryl methyl sites for hydroxylation is 1. The number of fused-ring (bicyclic) bond motifs is 1. The molecule has 2 N–H and O–H groups in total. The van der Waals surface area contributed by atoms with Crippen LogP contribution in [0.4, 0.5) is 0 Å². The van der Waals surface area contributed by atoms with Crippen LogP contribution >= 0.6 is 11.6 Å². The summed E-state index contributed by atoms with van der Waals surface area (Å²) in [5, 5.41) is 11.4. The highest BCUT2D eigenvalue weighted by Gasteiger charge is 2.27. The van der Waals surface area contributed by atoms with E-state index >= 15 is 0 Å². The fraction of sp³-hybridized carbons (Fsp3) is 0.296. The van der Waals surface area contributed by atoms with Gasteiger partial charge in [-0.1, -0.05) is 29.8 Å². The Morgan fingerprint density at radius 1 is 1.23 bits per heavy atom. The lowest BCUT2D eigenvalue weighted by Crippen LogP contribution is -2.42. The number of nitrogens with two attached hydrogens (primary N) is 1. The fourth-order valence-electron chi connectivity index (χ4n) is 4.38. The first-order valence-electron chi connectivity index (χ1n) is 11.5. The third-order valence-electron chi connectivity index (χ3n) is 6.38. The third-order valence-corrected chi connectivity index (χ3v) is 6.81. The van der Waals surface area contributed by atoms with Crippen LogP contribution in [0.1, 0.15) is 24.0 Å². The van der Waals surface area contributed by atoms with Gasteiger partial charge < -0.3 is 19.9 Å². The van der Waals surface area contributed by atoms with Gasteiger partial charge in [-0.25, -0.2) is 0 Å². The monoisotopic (exact) mass is 490 g/mol. The van der Waals surface area contributed by atoms with Gasteiger partial charge in [0.1, 0.15) is 24.0 Å². The number of primary amides is 1. The molecule has 0 aliphatic carbocycles. The third kappa shape index (κ3) is 5.50. The van der Waals surface area contributed by atoms with Gasteiger partial charge in [0.05, 0.1) is 6.54 Å². The number of piperidine rings is 1. The maximum Gasteiger partial charge on any atom is 0.264 e. The summed E-state index contributed by atoms with van der Waals surface area (Å²) in [6.07, 6.45) is 4.62. The van der Waals surface area contributed by atoms with E-state index in [0.29, 0.717) is 44.1 Å². The number of amides is 2. The standard InChI is InChI=1S/C27H27ClN4O3/c1-18-14-22(6-7-24(18)28)35-13-12-32-17-21(23-4-2-3-5-25(23)32)15-20(16-29)27(34)31-10-8-19(9-11-31)26(30)33/h2-7,14-15,17,19H,8-13H2,1H3,(H2,30,33)/b20-15+. The van der Waals surface area contributed by atoms with Crippen molar-refractivity contribution >= 4 is 40.4 Å². The summed E-state index contributed by atoms with van der Waals surface area (Å²) in [6, 6.07) is 15.5. The second-order valence-corrected chi connectivity index (χ2v) is 9.10. The number of hydrogen-bond acceptors (Lipinski definition) is 4. The zero-order chi connectivity index (χ0) is 24.9. The Balaban J connectivity index is 1.51. The lowest BCUT2D eigenvalue weighted by molar-refractivity contribution is -0.131. The van der Waals surface area contributed by atoms with Crippen LogP contribution in [-0.2, 0) is 16.1 Å². The zero-order valence-corrected chi connectivity index (χ0v) is 20.3. The Morgan fingerprint density at radius 3 is 2.66 bits per heavy atom. The number of carbonyl (C=O) groups is 2. The highest BCUT2D eigenvalue weighted by Crippen LogP contribution is 2.26. The number of nitriles is 1. The van der Waals surface area contributed by atoms with Gasteiger partial charge in [0.2, 0.25) is 5.91 Å². The summed E-state index contributed by atoms with van der Waals surface area (Å²) in [5.41, 5.74) is 8.19. The molecule has 2 aromatic carbocycles. The van der Waals surface area contributed by atoms with E-state index in [1.165, 1.54) is 0 Å². The minimum absolute atomic E-state index is 0.0679. The number of nitrogens with zero attached hydrogens (tertiary/aromatic N) is 3. The molecule has 0 bridgehead atoms. The van der Waals surface area contributed by atoms with Crippen LogP contribution in [0.5, 0.6) is 5.75 Å². The number of ether oxygens (including phenoxy) is 1. The first kappa shape index (κ1) is 24.4. The molecule has 35 heavy (non-hydrogen) atoms. The molecule has 1 saturated heterocycles. The van der Waals surface area contributed by atoms with Crippen LogP contribution in [0.2, 0.25) is 5.02 Å². The van der Waals surface area contributed by atoms with Crippen molar-refractivity contribution in [3.8, 4) is 11.8 Å². The predicted molar refractivity (Wildman–Crippen MR) is 136 cm³/mol. The number of para-hydroxylation sites is 1. The molecule has 1 aliphatic rings. The second kappa shape index (κ2) is 10.7. The Kier molecular flexibility index (Phi) is 7.42. The van der Waals surface area contributed by atoms with E-state index in [1.54, 1.807) is 11.0 Å². The molecule has 8 heteroatoms. The van der Waals surface area contributed by atoms with Crippen LogP contribution in [0.3, 0.4) is 0 Å². The first-order valence-corrected chi connectivity index (χ1v) is 11.9. The van der Waals surface area contributed by atoms with Gasteiger partial charge >= 0.3 is 0 Å². The molecule has 0 saturated carbocycles. The number of halogens is 1. The van der Waals surface area contributed by atoms with Crippen molar-refractivity contribution in [2.24, 2.45) is 11.7 Å². The first-order chi connectivity index (χ1) is 16.9. The van der Waals surface area contributed by atoms with Gasteiger partial charge in [0, 0.05) is 46.7 Å². The predicted octanol–water partition coefficient (Wildman–Crippen LogP) is 4.31. The summed E-state index contributed by atoms with van der Waals surface area (Å²) in [6.45, 7) is 3.79. The maximum absolute atomic E-state index is 13.0. The smallest absolute Gasteiger partial charge is 0.264 e. The van der Waals surface area contributed by atoms with Crippen molar-refractivity contribution in [1.29, 1.82) is 5.26 Å². The van der Waals surface area contributed by atoms with Crippen LogP contribution in [-0.4, -0.2) is 41.0 Å². The van der Waals surface area contributed by atoms with E-state index in [1.807, 2.05) is 55.6 Å². The molecule has 4 rings (SSSR count). The molecule has 1 aliphatic heterocycles. The van der Waals surface area contributed by atoms with Crippen molar-refractivity contribution in [3.05, 3.63) is 70.4 Å². The Hall–Kier alpha value is -3.76. The van der Waals surface area contributed by atoms with Crippen LogP contribution in [0.15, 0.2) is 54.2 Å². The SMILES string of the molecule is Cc1cc(OCCn2cc(/C=C(\C#N)C(=O)N3CCC(C(N)=O)CC3)c3ccccc32)ccc1Cl. The molecule has 0 unspecified atom stereocenters. The molecular formula is C27H27ClN4O3. The van der Waals surface area contributed by atoms with Crippen molar-refractivity contribution in [3.63, 3.8) is 0 Å². The van der Waals surface area contributed by atoms with E-state index in [2.05, 4.69) is 10.6 Å². The summed E-state index contributed by atoms with van der Waals surface area (Å²) in [5.74, 6) is -0.128. The molecular weight excluding hydrogens is 464 g/mol. The Bertz CT molecular complexity index is 1330. The highest BCUT2D eigenvalue weighted by molar-refractivity contribution is 6.31. The van der Waals surface area contributed by atoms with Gasteiger partial charge in [-0.15, -0.1) is 0 Å². The highest BCUT2D eigenvalue weighted by atomic mass is 35.5. The van der Waals surface area contributed by atoms with Crippen LogP contribution in [0, 0.1) is 24.2 Å². The molecule has 180 valence electrons. The van der Waals surface area contributed by atoms with E-state index in [-0.39, 0.29) is 23.3 Å². The van der Waals surface area contributed by atoms with Crippen LogP contribution < -0.4 is 10.5 Å². The van der Waals surface area contributed by atoms with Crippen molar-refractivity contribution in [2.75, 3.05) is 19.7 Å². The summed E-state index contributed by atoms with van der Waals surface area (Å²) < 4.78 is 7.97. The Morgan fingerprint density at radius 2 is 1.97 bits per heavy atom. The Labute approximate surface area is 209 Å². The van der Waals surface area contributed by atoms with E-state index < -0.39 is 0 Å². The van der Waals surface area contributed by atoms with Gasteiger partial charge in [0.25, 0.3) is 5.91 Å². The molecule has 1 fully saturated rings. The van der Waals surface area contributed by atoms with Crippen molar-refractivity contribution in [2.45, 2.75) is 26.3 Å². The van der Waals surface area contributed by atoms with E-state index in [0.717, 1.165) is 27.8 Å². The topological polar surface area (TPSA) is 101 Å². The van der Waals surface area contributed by atoms with Crippen molar-refractivity contribution < 1.29 is 14.3 Å². The molecule has 3 aromatic rings. The molecule has 2 heterocycles. The van der Waals surface area contributed by atoms with E-state index in [9.17, 15) is 14.9 Å². The van der Waals surface area contributed by atoms with Crippen molar-refractivity contribution in [1.82, 2.24) is 9.47 Å². The zero-order valence-electron chi connectivity index (χ0n) is 19.5. The van der Waals surface area contributed by atoms with Gasteiger partial charge in [-0.3, -0.25) is 9.59 Å². The van der Waals surface area contributed by atoms with Crippen LogP contribution in [0.25, 0.3) is 17.0 Å². The summed E-state index contributed by atoms with van der Waals surface area (Å²) in [7, 11) is 0. The fourth-order valence-corrected chi connectivity index (χ4v) is 4.50. The largest absolute Gasteiger partial charge is 0.492 e. The lowest BCUT2D eigenvalue weighted by Gasteiger charge is -2.30. The van der Waals surface area contributed by atoms with E-state index in [4.69, 9.17) is 22.1 Å².